The Morgan fingerprint density at radius 1 is 1.19 bits per heavy atom. The first-order valence-corrected chi connectivity index (χ1v) is 9.02. The van der Waals surface area contributed by atoms with Gasteiger partial charge in [0.25, 0.3) is 0 Å². The van der Waals surface area contributed by atoms with E-state index in [1.807, 2.05) is 24.9 Å². The molecule has 1 aliphatic heterocycles. The number of hydrogen-bond acceptors (Lipinski definition) is 7. The number of nitrogens with zero attached hydrogens (tertiary/aromatic N) is 6. The van der Waals surface area contributed by atoms with Gasteiger partial charge in [0.15, 0.2) is 5.13 Å². The van der Waals surface area contributed by atoms with Crippen LogP contribution in [-0.4, -0.2) is 62.8 Å². The van der Waals surface area contributed by atoms with Gasteiger partial charge in [0.1, 0.15) is 12.1 Å². The molecule has 4 rings (SSSR count). The number of aromatic nitrogens is 3. The van der Waals surface area contributed by atoms with E-state index in [1.165, 1.54) is 17.7 Å². The Labute approximate surface area is 154 Å². The number of anilines is 1. The van der Waals surface area contributed by atoms with E-state index in [2.05, 4.69) is 15.0 Å². The molecule has 134 valence electrons. The van der Waals surface area contributed by atoms with Gasteiger partial charge >= 0.3 is 6.03 Å². The summed E-state index contributed by atoms with van der Waals surface area (Å²) in [6, 6.07) is 3.48. The van der Waals surface area contributed by atoms with Gasteiger partial charge in [-0.3, -0.25) is 9.80 Å². The number of hydrogen-bond donors (Lipinski definition) is 1. The Balaban J connectivity index is 1.76. The fourth-order valence-electron chi connectivity index (χ4n) is 2.98. The molecule has 1 fully saturated rings. The number of carbonyl (C=O) groups is 1. The summed E-state index contributed by atoms with van der Waals surface area (Å²) in [7, 11) is 1.96. The topological polar surface area (TPSA) is 85.7 Å². The number of urea groups is 1. The molecule has 3 heterocycles. The summed E-state index contributed by atoms with van der Waals surface area (Å²) in [6.07, 6.45) is 4.83. The van der Waals surface area contributed by atoms with Gasteiger partial charge in [-0.15, -0.1) is 0 Å². The molecule has 1 aliphatic rings. The average Bonchev–Trinajstić information content (AvgIpc) is 3.08. The summed E-state index contributed by atoms with van der Waals surface area (Å²) in [4.78, 5) is 30.7. The SMILES string of the molecule is CCN1CN(C)CN(c2nc3cc(-c4cncnc4)cc(O)c3s2)C1=O. The highest BCUT2D eigenvalue weighted by molar-refractivity contribution is 7.22. The van der Waals surface area contributed by atoms with Crippen LogP contribution in [-0.2, 0) is 0 Å². The summed E-state index contributed by atoms with van der Waals surface area (Å²) >= 11 is 1.31. The molecular formula is C17H18N6O2S. The molecule has 0 bridgehead atoms. The molecule has 9 heteroatoms. The number of phenolic OH excluding ortho intramolecular Hbond substituents is 1. The Morgan fingerprint density at radius 3 is 2.69 bits per heavy atom. The summed E-state index contributed by atoms with van der Waals surface area (Å²) in [6.45, 7) is 3.65. The average molecular weight is 370 g/mol. The van der Waals surface area contributed by atoms with Crippen molar-refractivity contribution in [2.75, 3.05) is 31.8 Å². The van der Waals surface area contributed by atoms with Gasteiger partial charge in [-0.2, -0.15) is 0 Å². The minimum atomic E-state index is -0.0687. The molecule has 0 atom stereocenters. The van der Waals surface area contributed by atoms with Gasteiger partial charge < -0.3 is 10.0 Å². The third-order valence-corrected chi connectivity index (χ3v) is 5.38. The van der Waals surface area contributed by atoms with E-state index in [9.17, 15) is 9.90 Å². The highest BCUT2D eigenvalue weighted by atomic mass is 32.1. The standard InChI is InChI=1S/C17H18N6O2S/c1-3-22-9-21(2)10-23(17(22)25)16-20-13-4-11(5-14(24)15(13)26-16)12-6-18-8-19-7-12/h4-8,24H,3,9-10H2,1-2H3. The number of amides is 2. The molecule has 0 radical (unpaired) electrons. The lowest BCUT2D eigenvalue weighted by molar-refractivity contribution is 0.136. The number of fused-ring (bicyclic) bond motifs is 1. The van der Waals surface area contributed by atoms with Crippen LogP contribution < -0.4 is 4.90 Å². The summed E-state index contributed by atoms with van der Waals surface area (Å²) < 4.78 is 0.657. The second kappa shape index (κ2) is 6.50. The fraction of sp³-hybridized carbons (Fsp3) is 0.294. The third kappa shape index (κ3) is 2.85. The molecule has 8 nitrogen and oxygen atoms in total. The molecule has 26 heavy (non-hydrogen) atoms. The van der Waals surface area contributed by atoms with Crippen LogP contribution in [0.2, 0.25) is 0 Å². The molecule has 1 aromatic carbocycles. The fourth-order valence-corrected chi connectivity index (χ4v) is 3.93. The van der Waals surface area contributed by atoms with E-state index in [0.717, 1.165) is 11.1 Å². The molecule has 2 amide bonds. The van der Waals surface area contributed by atoms with E-state index >= 15 is 0 Å². The predicted octanol–water partition coefficient (Wildman–Crippen LogP) is 2.57. The van der Waals surface area contributed by atoms with Gasteiger partial charge in [0.2, 0.25) is 0 Å². The smallest absolute Gasteiger partial charge is 0.328 e. The van der Waals surface area contributed by atoms with E-state index in [0.29, 0.717) is 35.2 Å². The number of rotatable bonds is 3. The van der Waals surface area contributed by atoms with Crippen molar-refractivity contribution in [3.63, 3.8) is 0 Å². The molecule has 3 aromatic rings. The van der Waals surface area contributed by atoms with Crippen molar-refractivity contribution < 1.29 is 9.90 Å². The monoisotopic (exact) mass is 370 g/mol. The number of thiazole rings is 1. The molecular weight excluding hydrogens is 352 g/mol. The quantitative estimate of drug-likeness (QED) is 0.763. The maximum Gasteiger partial charge on any atom is 0.328 e. The van der Waals surface area contributed by atoms with Crippen LogP contribution >= 0.6 is 11.3 Å². The van der Waals surface area contributed by atoms with E-state index in [4.69, 9.17) is 0 Å². The zero-order valence-electron chi connectivity index (χ0n) is 14.5. The zero-order chi connectivity index (χ0) is 18.3. The van der Waals surface area contributed by atoms with Gasteiger partial charge in [-0.05, 0) is 31.7 Å². The lowest BCUT2D eigenvalue weighted by atomic mass is 10.1. The second-order valence-corrected chi connectivity index (χ2v) is 7.15. The number of aromatic hydroxyl groups is 1. The number of carbonyl (C=O) groups excluding carboxylic acids is 1. The maximum atomic E-state index is 12.7. The van der Waals surface area contributed by atoms with Crippen molar-refractivity contribution in [3.05, 3.63) is 30.9 Å². The Hall–Kier alpha value is -2.78. The summed E-state index contributed by atoms with van der Waals surface area (Å²) in [5.74, 6) is 0.135. The Morgan fingerprint density at radius 2 is 1.96 bits per heavy atom. The van der Waals surface area contributed by atoms with Crippen molar-refractivity contribution >= 4 is 32.7 Å². The van der Waals surface area contributed by atoms with Crippen LogP contribution in [0.4, 0.5) is 9.93 Å². The lowest BCUT2D eigenvalue weighted by Gasteiger charge is -2.38. The molecule has 0 unspecified atom stereocenters. The summed E-state index contributed by atoms with van der Waals surface area (Å²) in [5, 5.41) is 11.0. The lowest BCUT2D eigenvalue weighted by Crippen LogP contribution is -2.56. The predicted molar refractivity (Wildman–Crippen MR) is 100 cm³/mol. The third-order valence-electron chi connectivity index (χ3n) is 4.26. The van der Waals surface area contributed by atoms with Crippen molar-refractivity contribution in [3.8, 4) is 16.9 Å². The van der Waals surface area contributed by atoms with Crippen LogP contribution in [0.25, 0.3) is 21.3 Å². The normalized spacial score (nSPS) is 15.8. The Kier molecular flexibility index (Phi) is 4.17. The number of phenols is 1. The van der Waals surface area contributed by atoms with Crippen LogP contribution in [0.15, 0.2) is 30.9 Å². The first kappa shape index (κ1) is 16.7. The minimum absolute atomic E-state index is 0.0687. The first-order valence-electron chi connectivity index (χ1n) is 8.20. The van der Waals surface area contributed by atoms with E-state index in [1.54, 1.807) is 28.3 Å². The highest BCUT2D eigenvalue weighted by Crippen LogP contribution is 2.38. The molecule has 0 spiro atoms. The van der Waals surface area contributed by atoms with Crippen LogP contribution in [0.1, 0.15) is 6.92 Å². The summed E-state index contributed by atoms with van der Waals surface area (Å²) in [5.41, 5.74) is 2.22. The van der Waals surface area contributed by atoms with E-state index < -0.39 is 0 Å². The second-order valence-electron chi connectivity index (χ2n) is 6.17. The zero-order valence-corrected chi connectivity index (χ0v) is 15.3. The van der Waals surface area contributed by atoms with Crippen molar-refractivity contribution in [1.82, 2.24) is 24.8 Å². The molecule has 0 saturated carbocycles. The number of benzene rings is 1. The van der Waals surface area contributed by atoms with Crippen LogP contribution in [0.3, 0.4) is 0 Å². The van der Waals surface area contributed by atoms with Crippen LogP contribution in [0, 0.1) is 0 Å². The Bertz CT molecular complexity index is 961. The highest BCUT2D eigenvalue weighted by Gasteiger charge is 2.30. The van der Waals surface area contributed by atoms with Crippen LogP contribution in [0.5, 0.6) is 5.75 Å². The molecule has 0 aliphatic carbocycles. The van der Waals surface area contributed by atoms with Gasteiger partial charge in [-0.25, -0.2) is 19.7 Å². The van der Waals surface area contributed by atoms with Crippen molar-refractivity contribution in [2.45, 2.75) is 6.92 Å². The van der Waals surface area contributed by atoms with Gasteiger partial charge in [0, 0.05) is 24.5 Å². The maximum absolute atomic E-state index is 12.7. The van der Waals surface area contributed by atoms with Crippen molar-refractivity contribution in [2.24, 2.45) is 0 Å². The van der Waals surface area contributed by atoms with Gasteiger partial charge in [0.05, 0.1) is 23.6 Å². The van der Waals surface area contributed by atoms with Gasteiger partial charge in [-0.1, -0.05) is 11.3 Å². The molecule has 1 saturated heterocycles. The molecule has 2 aromatic heterocycles. The molecule has 1 N–H and O–H groups in total. The van der Waals surface area contributed by atoms with Crippen molar-refractivity contribution in [1.29, 1.82) is 0 Å². The first-order chi connectivity index (χ1) is 12.6. The largest absolute Gasteiger partial charge is 0.506 e. The minimum Gasteiger partial charge on any atom is -0.506 e. The van der Waals surface area contributed by atoms with E-state index in [-0.39, 0.29) is 11.8 Å².